The van der Waals surface area contributed by atoms with E-state index in [1.165, 1.54) is 6.07 Å². The molecule has 3 rings (SSSR count). The molecule has 12 heteroatoms. The second kappa shape index (κ2) is 11.2. The van der Waals surface area contributed by atoms with Crippen molar-refractivity contribution in [3.05, 3.63) is 47.2 Å². The van der Waals surface area contributed by atoms with Crippen molar-refractivity contribution >= 4 is 34.5 Å². The van der Waals surface area contributed by atoms with Crippen molar-refractivity contribution in [3.63, 3.8) is 0 Å². The summed E-state index contributed by atoms with van der Waals surface area (Å²) in [5, 5.41) is 5.31. The van der Waals surface area contributed by atoms with Crippen LogP contribution in [0.25, 0.3) is 0 Å². The fraction of sp³-hybridized carbons (Fsp3) is 0.455. The first-order chi connectivity index (χ1) is 16.0. The lowest BCUT2D eigenvalue weighted by molar-refractivity contribution is -0.141. The van der Waals surface area contributed by atoms with Crippen molar-refractivity contribution < 1.29 is 26.7 Å². The van der Waals surface area contributed by atoms with Crippen molar-refractivity contribution in [3.8, 4) is 0 Å². The Labute approximate surface area is 198 Å². The third-order valence-corrected chi connectivity index (χ3v) is 6.15. The summed E-state index contributed by atoms with van der Waals surface area (Å²) in [6.45, 7) is 5.30. The van der Waals surface area contributed by atoms with Gasteiger partial charge in [-0.1, -0.05) is 13.0 Å². The molecular formula is C22H27F3N5O3S-. The molecule has 34 heavy (non-hydrogen) atoms. The average Bonchev–Trinajstić information content (AvgIpc) is 2.75. The number of rotatable bonds is 7. The third-order valence-electron chi connectivity index (χ3n) is 5.71. The lowest BCUT2D eigenvalue weighted by atomic mass is 9.99. The summed E-state index contributed by atoms with van der Waals surface area (Å²) in [4.78, 5) is 18.2. The van der Waals surface area contributed by atoms with Gasteiger partial charge in [-0.15, -0.1) is 0 Å². The highest BCUT2D eigenvalue weighted by Crippen LogP contribution is 2.34. The zero-order valence-electron chi connectivity index (χ0n) is 18.9. The molecule has 2 heterocycles. The number of pyridine rings is 1. The lowest BCUT2D eigenvalue weighted by Crippen LogP contribution is -2.35. The average molecular weight is 499 g/mol. The van der Waals surface area contributed by atoms with Crippen LogP contribution in [0, 0.1) is 12.8 Å². The largest absolute Gasteiger partial charge is 0.760 e. The van der Waals surface area contributed by atoms with Gasteiger partial charge in [0, 0.05) is 36.6 Å². The second-order valence-corrected chi connectivity index (χ2v) is 9.09. The second-order valence-electron chi connectivity index (χ2n) is 8.33. The number of aromatic nitrogens is 1. The third kappa shape index (κ3) is 7.15. The van der Waals surface area contributed by atoms with Crippen LogP contribution in [0.4, 0.5) is 35.2 Å². The minimum absolute atomic E-state index is 0.103. The van der Waals surface area contributed by atoms with Gasteiger partial charge in [-0.2, -0.15) is 13.2 Å². The number of benzene rings is 1. The van der Waals surface area contributed by atoms with E-state index in [9.17, 15) is 26.7 Å². The summed E-state index contributed by atoms with van der Waals surface area (Å²) >= 11 is -2.33. The first kappa shape index (κ1) is 25.9. The van der Waals surface area contributed by atoms with Gasteiger partial charge >= 0.3 is 12.2 Å². The fourth-order valence-corrected chi connectivity index (χ4v) is 4.04. The summed E-state index contributed by atoms with van der Waals surface area (Å²) in [5.74, 6) is 0.581. The maximum atomic E-state index is 13.3. The molecule has 0 aliphatic carbocycles. The molecule has 1 aliphatic rings. The number of carbonyl (C=O) groups is 1. The molecule has 3 N–H and O–H groups in total. The minimum atomic E-state index is -4.59. The number of piperidine rings is 1. The summed E-state index contributed by atoms with van der Waals surface area (Å²) in [6.07, 6.45) is -2.44. The van der Waals surface area contributed by atoms with Gasteiger partial charge in [-0.3, -0.25) is 4.21 Å². The molecule has 8 nitrogen and oxygen atoms in total. The van der Waals surface area contributed by atoms with Crippen molar-refractivity contribution in [2.75, 3.05) is 35.2 Å². The Hall–Kier alpha value is -2.70. The number of alkyl halides is 3. The first-order valence-corrected chi connectivity index (χ1v) is 11.9. The Bertz CT molecular complexity index is 1040. The number of hydrogen-bond acceptors (Lipinski definition) is 5. The maximum Gasteiger partial charge on any atom is 0.433 e. The molecule has 1 fully saturated rings. The lowest BCUT2D eigenvalue weighted by Gasteiger charge is -2.32. The van der Waals surface area contributed by atoms with Gasteiger partial charge in [0.15, 0.2) is 5.82 Å². The monoisotopic (exact) mass is 498 g/mol. The van der Waals surface area contributed by atoms with Gasteiger partial charge < -0.3 is 20.1 Å². The van der Waals surface area contributed by atoms with Crippen LogP contribution in [0.3, 0.4) is 0 Å². The highest BCUT2D eigenvalue weighted by molar-refractivity contribution is 7.77. The summed E-state index contributed by atoms with van der Waals surface area (Å²) < 4.78 is 63.2. The minimum Gasteiger partial charge on any atom is -0.760 e. The molecule has 2 amide bonds. The van der Waals surface area contributed by atoms with Gasteiger partial charge in [-0.25, -0.2) is 14.5 Å². The molecule has 0 saturated carbocycles. The Morgan fingerprint density at radius 3 is 2.53 bits per heavy atom. The van der Waals surface area contributed by atoms with Gasteiger partial charge in [0.2, 0.25) is 0 Å². The molecule has 1 aromatic carbocycles. The fourth-order valence-electron chi connectivity index (χ4n) is 3.77. The van der Waals surface area contributed by atoms with Crippen molar-refractivity contribution in [1.29, 1.82) is 0 Å². The predicted octanol–water partition coefficient (Wildman–Crippen LogP) is 4.22. The molecule has 1 aromatic heterocycles. The van der Waals surface area contributed by atoms with Gasteiger partial charge in [0.25, 0.3) is 0 Å². The van der Waals surface area contributed by atoms with E-state index < -0.39 is 29.2 Å². The summed E-state index contributed by atoms with van der Waals surface area (Å²) in [7, 11) is 0. The van der Waals surface area contributed by atoms with E-state index in [4.69, 9.17) is 0 Å². The number of hydrogen-bond donors (Lipinski definition) is 3. The number of aryl methyl sites for hydroxylation is 1. The number of nitrogens with zero attached hydrogens (tertiary/aromatic N) is 2. The van der Waals surface area contributed by atoms with Crippen LogP contribution in [0.15, 0.2) is 30.3 Å². The number of carbonyl (C=O) groups excluding carboxylic acids is 1. The number of amides is 2. The predicted molar refractivity (Wildman–Crippen MR) is 124 cm³/mol. The van der Waals surface area contributed by atoms with Crippen LogP contribution in [0.5, 0.6) is 0 Å². The van der Waals surface area contributed by atoms with Crippen LogP contribution in [-0.4, -0.2) is 39.4 Å². The van der Waals surface area contributed by atoms with Crippen molar-refractivity contribution in [2.45, 2.75) is 39.3 Å². The van der Waals surface area contributed by atoms with Crippen LogP contribution in [-0.2, 0) is 23.9 Å². The highest BCUT2D eigenvalue weighted by Gasteiger charge is 2.34. The standard InChI is InChI=1S/C22H28F3N5O3S/c1-14-8-11-30(12-9-14)20-18(5-6-19(29-20)22(23,24)25)28-21(31)27-17-4-3-16(15(2)13-17)7-10-26-34(32)33/h3-6,13-14,26H,7-12H2,1-2H3,(H,32,33)(H2,27,28,31)/p-1. The van der Waals surface area contributed by atoms with E-state index in [-0.39, 0.29) is 18.1 Å². The molecule has 1 saturated heterocycles. The zero-order valence-corrected chi connectivity index (χ0v) is 19.7. The Morgan fingerprint density at radius 1 is 1.21 bits per heavy atom. The van der Waals surface area contributed by atoms with E-state index in [1.807, 2.05) is 6.92 Å². The summed E-state index contributed by atoms with van der Waals surface area (Å²) in [5.41, 5.74) is 1.46. The van der Waals surface area contributed by atoms with Gasteiger partial charge in [-0.05, 0) is 67.5 Å². The zero-order chi connectivity index (χ0) is 24.9. The Balaban J connectivity index is 1.72. The topological polar surface area (TPSA) is 109 Å². The van der Waals surface area contributed by atoms with Crippen LogP contribution in [0.2, 0.25) is 0 Å². The maximum absolute atomic E-state index is 13.3. The van der Waals surface area contributed by atoms with Crippen LogP contribution in [0.1, 0.15) is 36.6 Å². The summed E-state index contributed by atoms with van der Waals surface area (Å²) in [6, 6.07) is 6.66. The van der Waals surface area contributed by atoms with Crippen molar-refractivity contribution in [2.24, 2.45) is 5.92 Å². The van der Waals surface area contributed by atoms with E-state index in [0.29, 0.717) is 31.1 Å². The van der Waals surface area contributed by atoms with Crippen LogP contribution >= 0.6 is 0 Å². The van der Waals surface area contributed by atoms with E-state index in [1.54, 1.807) is 23.1 Å². The van der Waals surface area contributed by atoms with Gasteiger partial charge in [0.05, 0.1) is 5.69 Å². The first-order valence-electron chi connectivity index (χ1n) is 10.9. The Morgan fingerprint density at radius 2 is 1.91 bits per heavy atom. The molecule has 186 valence electrons. The SMILES string of the molecule is Cc1cc(NC(=O)Nc2ccc(C(F)(F)F)nc2N2CCC(C)CC2)ccc1CCNS(=O)[O-]. The van der Waals surface area contributed by atoms with Crippen molar-refractivity contribution in [1.82, 2.24) is 9.71 Å². The molecule has 0 bridgehead atoms. The van der Waals surface area contributed by atoms with Crippen LogP contribution < -0.4 is 20.3 Å². The molecular weight excluding hydrogens is 471 g/mol. The Kier molecular flexibility index (Phi) is 8.50. The van der Waals surface area contributed by atoms with Gasteiger partial charge in [0.1, 0.15) is 5.69 Å². The molecule has 1 atom stereocenters. The number of nitrogens with one attached hydrogen (secondary N) is 3. The number of urea groups is 1. The van der Waals surface area contributed by atoms with E-state index in [2.05, 4.69) is 27.3 Å². The normalized spacial score (nSPS) is 15.8. The molecule has 0 radical (unpaired) electrons. The number of anilines is 3. The molecule has 0 spiro atoms. The van der Waals surface area contributed by atoms with E-state index in [0.717, 1.165) is 30.0 Å². The molecule has 1 unspecified atom stereocenters. The quantitative estimate of drug-likeness (QED) is 0.496. The number of halogens is 3. The molecule has 2 aromatic rings. The van der Waals surface area contributed by atoms with E-state index >= 15 is 0 Å². The smallest absolute Gasteiger partial charge is 0.433 e. The molecule has 1 aliphatic heterocycles. The highest BCUT2D eigenvalue weighted by atomic mass is 32.2.